The van der Waals surface area contributed by atoms with Gasteiger partial charge in [-0.2, -0.15) is 0 Å². The quantitative estimate of drug-likeness (QED) is 0.376. The van der Waals surface area contributed by atoms with Gasteiger partial charge >= 0.3 is 5.97 Å². The molecule has 0 bridgehead atoms. The van der Waals surface area contributed by atoms with E-state index in [-0.39, 0.29) is 28.4 Å². The standard InChI is InChI=1S/C27H45NO7/c1-14-20(29)21(30)22(31)24(34-14)35-16-7-10-25(2)15(13-16)5-6-18-17(25)8-11-26(3)19(23(32)33)9-12-27(18,26)28-4/h14-22,24,28-31H,5-13H2,1-4H3,(H,32,33)/t14-,15?,16?,17-,18-,19?,20-,21+,22+,24+,25+,26-,27-/m1/s1. The molecule has 8 nitrogen and oxygen atoms in total. The largest absolute Gasteiger partial charge is 0.481 e. The van der Waals surface area contributed by atoms with Gasteiger partial charge in [0.2, 0.25) is 0 Å². The molecule has 0 aromatic carbocycles. The lowest BCUT2D eigenvalue weighted by molar-refractivity contribution is -0.309. The maximum Gasteiger partial charge on any atom is 0.307 e. The van der Waals surface area contributed by atoms with Crippen LogP contribution in [0.15, 0.2) is 0 Å². The summed E-state index contributed by atoms with van der Waals surface area (Å²) in [6, 6.07) is 0. The summed E-state index contributed by atoms with van der Waals surface area (Å²) in [5.41, 5.74) is -0.146. The molecule has 5 fully saturated rings. The molecule has 35 heavy (non-hydrogen) atoms. The van der Waals surface area contributed by atoms with E-state index in [9.17, 15) is 25.2 Å². The molecule has 0 amide bonds. The van der Waals surface area contributed by atoms with Crippen LogP contribution in [-0.2, 0) is 14.3 Å². The van der Waals surface area contributed by atoms with Gasteiger partial charge in [-0.1, -0.05) is 13.8 Å². The molecular formula is C27H45NO7. The molecular weight excluding hydrogens is 450 g/mol. The number of carbonyl (C=O) groups is 1. The van der Waals surface area contributed by atoms with Gasteiger partial charge in [-0.25, -0.2) is 0 Å². The highest BCUT2D eigenvalue weighted by atomic mass is 16.7. The molecule has 200 valence electrons. The number of hydrogen-bond acceptors (Lipinski definition) is 7. The van der Waals surface area contributed by atoms with Crippen LogP contribution in [0.1, 0.15) is 78.6 Å². The second-order valence-electron chi connectivity index (χ2n) is 12.8. The molecule has 5 N–H and O–H groups in total. The molecule has 1 heterocycles. The molecule has 1 aliphatic heterocycles. The predicted molar refractivity (Wildman–Crippen MR) is 128 cm³/mol. The fraction of sp³-hybridized carbons (Fsp3) is 0.963. The van der Waals surface area contributed by atoms with E-state index in [2.05, 4.69) is 19.2 Å². The zero-order valence-corrected chi connectivity index (χ0v) is 21.7. The average Bonchev–Trinajstić information content (AvgIpc) is 3.14. The van der Waals surface area contributed by atoms with Crippen molar-refractivity contribution in [3.63, 3.8) is 0 Å². The number of aliphatic hydroxyl groups is 3. The van der Waals surface area contributed by atoms with Crippen LogP contribution in [0.2, 0.25) is 0 Å². The zero-order chi connectivity index (χ0) is 25.3. The molecule has 4 saturated carbocycles. The van der Waals surface area contributed by atoms with Crippen molar-refractivity contribution in [2.24, 2.45) is 34.5 Å². The van der Waals surface area contributed by atoms with Gasteiger partial charge < -0.3 is 35.2 Å². The lowest BCUT2D eigenvalue weighted by Gasteiger charge is -2.65. The topological polar surface area (TPSA) is 128 Å². The van der Waals surface area contributed by atoms with Gasteiger partial charge in [-0.3, -0.25) is 4.79 Å². The Hall–Kier alpha value is -0.770. The van der Waals surface area contributed by atoms with E-state index >= 15 is 0 Å². The summed E-state index contributed by atoms with van der Waals surface area (Å²) in [5.74, 6) is 0.633. The van der Waals surface area contributed by atoms with Crippen molar-refractivity contribution in [2.75, 3.05) is 7.05 Å². The highest BCUT2D eigenvalue weighted by molar-refractivity contribution is 5.72. The van der Waals surface area contributed by atoms with E-state index in [1.54, 1.807) is 6.92 Å². The lowest BCUT2D eigenvalue weighted by Crippen LogP contribution is -2.67. The number of ether oxygens (including phenoxy) is 2. The summed E-state index contributed by atoms with van der Waals surface area (Å²) < 4.78 is 11.9. The van der Waals surface area contributed by atoms with Crippen LogP contribution in [0.4, 0.5) is 0 Å². The Kier molecular flexibility index (Phi) is 6.59. The van der Waals surface area contributed by atoms with Gasteiger partial charge in [0.05, 0.1) is 18.1 Å². The van der Waals surface area contributed by atoms with E-state index in [4.69, 9.17) is 9.47 Å². The Balaban J connectivity index is 1.31. The summed E-state index contributed by atoms with van der Waals surface area (Å²) in [7, 11) is 2.05. The third-order valence-corrected chi connectivity index (χ3v) is 11.7. The number of aliphatic carboxylic acids is 1. The molecule has 8 heteroatoms. The fourth-order valence-electron chi connectivity index (χ4n) is 9.66. The minimum atomic E-state index is -1.27. The van der Waals surface area contributed by atoms with Crippen LogP contribution in [0, 0.1) is 34.5 Å². The second-order valence-corrected chi connectivity index (χ2v) is 12.8. The van der Waals surface area contributed by atoms with Crippen molar-refractivity contribution < 1.29 is 34.7 Å². The van der Waals surface area contributed by atoms with E-state index in [1.165, 1.54) is 0 Å². The average molecular weight is 496 g/mol. The SMILES string of the molecule is CN[C@@]12CCC(C(=O)O)[C@@]1(C)CC[C@@H]1[C@H]2CCC2CC(O[C@@H]3O[C@H](C)[C@@H](O)[C@H](O)[C@@H]3O)CC[C@@]21C. The number of carboxylic acids is 1. The smallest absolute Gasteiger partial charge is 0.307 e. The van der Waals surface area contributed by atoms with Crippen molar-refractivity contribution in [1.29, 1.82) is 0 Å². The Morgan fingerprint density at radius 2 is 1.69 bits per heavy atom. The monoisotopic (exact) mass is 495 g/mol. The van der Waals surface area contributed by atoms with E-state index in [0.29, 0.717) is 17.8 Å². The minimum Gasteiger partial charge on any atom is -0.481 e. The number of nitrogens with one attached hydrogen (secondary N) is 1. The van der Waals surface area contributed by atoms with Gasteiger partial charge in [0.25, 0.3) is 0 Å². The summed E-state index contributed by atoms with van der Waals surface area (Å²) >= 11 is 0. The van der Waals surface area contributed by atoms with Gasteiger partial charge in [0.1, 0.15) is 18.3 Å². The maximum absolute atomic E-state index is 12.2. The highest BCUT2D eigenvalue weighted by Gasteiger charge is 2.68. The summed E-state index contributed by atoms with van der Waals surface area (Å²) in [5, 5.41) is 44.3. The molecule has 5 rings (SSSR count). The molecule has 0 aromatic rings. The Bertz CT molecular complexity index is 825. The number of aliphatic hydroxyl groups excluding tert-OH is 3. The number of fused-ring (bicyclic) bond motifs is 5. The molecule has 13 atom stereocenters. The third kappa shape index (κ3) is 3.65. The predicted octanol–water partition coefficient (Wildman–Crippen LogP) is 2.28. The normalized spacial score (nSPS) is 56.1. The molecule has 0 radical (unpaired) electrons. The first-order valence-corrected chi connectivity index (χ1v) is 13.8. The van der Waals surface area contributed by atoms with Crippen molar-refractivity contribution >= 4 is 5.97 Å². The van der Waals surface area contributed by atoms with Gasteiger partial charge in [0.15, 0.2) is 6.29 Å². The number of carboxylic acid groups (broad SMARTS) is 1. The summed E-state index contributed by atoms with van der Waals surface area (Å²) in [4.78, 5) is 12.2. The van der Waals surface area contributed by atoms with Crippen LogP contribution in [-0.4, -0.2) is 75.8 Å². The molecule has 5 aliphatic rings. The minimum absolute atomic E-state index is 0.0473. The first-order chi connectivity index (χ1) is 16.5. The third-order valence-electron chi connectivity index (χ3n) is 11.7. The fourth-order valence-corrected chi connectivity index (χ4v) is 9.66. The first-order valence-electron chi connectivity index (χ1n) is 13.8. The Morgan fingerprint density at radius 1 is 0.943 bits per heavy atom. The highest BCUT2D eigenvalue weighted by Crippen LogP contribution is 2.69. The molecule has 3 unspecified atom stereocenters. The van der Waals surface area contributed by atoms with Crippen LogP contribution in [0.3, 0.4) is 0 Å². The lowest BCUT2D eigenvalue weighted by atomic mass is 9.42. The second kappa shape index (κ2) is 8.91. The van der Waals surface area contributed by atoms with Crippen LogP contribution >= 0.6 is 0 Å². The van der Waals surface area contributed by atoms with E-state index in [0.717, 1.165) is 57.8 Å². The molecule has 4 aliphatic carbocycles. The van der Waals surface area contributed by atoms with E-state index < -0.39 is 36.7 Å². The van der Waals surface area contributed by atoms with Gasteiger partial charge in [-0.05, 0) is 100 Å². The van der Waals surface area contributed by atoms with Crippen LogP contribution in [0.5, 0.6) is 0 Å². The number of rotatable bonds is 4. The van der Waals surface area contributed by atoms with Crippen molar-refractivity contribution in [1.82, 2.24) is 5.32 Å². The Morgan fingerprint density at radius 3 is 2.37 bits per heavy atom. The van der Waals surface area contributed by atoms with Crippen molar-refractivity contribution in [2.45, 2.75) is 121 Å². The van der Waals surface area contributed by atoms with E-state index in [1.807, 2.05) is 7.05 Å². The van der Waals surface area contributed by atoms with Crippen molar-refractivity contribution in [3.05, 3.63) is 0 Å². The number of hydrogen-bond donors (Lipinski definition) is 5. The maximum atomic E-state index is 12.2. The van der Waals surface area contributed by atoms with Crippen molar-refractivity contribution in [3.8, 4) is 0 Å². The summed E-state index contributed by atoms with van der Waals surface area (Å²) in [6.07, 6.45) is 3.51. The first kappa shape index (κ1) is 25.9. The molecule has 0 spiro atoms. The summed E-state index contributed by atoms with van der Waals surface area (Å²) in [6.45, 7) is 6.36. The zero-order valence-electron chi connectivity index (χ0n) is 21.7. The Labute approximate surface area is 208 Å². The molecule has 0 aromatic heterocycles. The van der Waals surface area contributed by atoms with Crippen LogP contribution in [0.25, 0.3) is 0 Å². The molecule has 1 saturated heterocycles. The van der Waals surface area contributed by atoms with Gasteiger partial charge in [0, 0.05) is 5.54 Å². The van der Waals surface area contributed by atoms with Crippen LogP contribution < -0.4 is 5.32 Å². The van der Waals surface area contributed by atoms with Gasteiger partial charge in [-0.15, -0.1) is 0 Å².